The predicted molar refractivity (Wildman–Crippen MR) is 132 cm³/mol. The molecule has 178 valence electrons. The van der Waals surface area contributed by atoms with Crippen molar-refractivity contribution >= 4 is 35.3 Å². The van der Waals surface area contributed by atoms with Crippen LogP contribution in [0.3, 0.4) is 0 Å². The Bertz CT molecular complexity index is 608. The van der Waals surface area contributed by atoms with Gasteiger partial charge in [-0.1, -0.05) is 6.92 Å². The molecule has 4 aliphatic heterocycles. The zero-order valence-electron chi connectivity index (χ0n) is 19.6. The van der Waals surface area contributed by atoms with Crippen molar-refractivity contribution in [2.45, 2.75) is 113 Å². The Balaban J connectivity index is 0.000000179. The molecule has 4 aliphatic rings. The highest BCUT2D eigenvalue weighted by Gasteiger charge is 2.38. The van der Waals surface area contributed by atoms with Gasteiger partial charge in [0.2, 0.25) is 11.8 Å². The van der Waals surface area contributed by atoms with Crippen LogP contribution in [0, 0.1) is 0 Å². The van der Waals surface area contributed by atoms with Gasteiger partial charge in [-0.2, -0.15) is 0 Å². The summed E-state index contributed by atoms with van der Waals surface area (Å²) in [6.45, 7) is 7.44. The molecule has 0 radical (unpaired) electrons. The van der Waals surface area contributed by atoms with Gasteiger partial charge >= 0.3 is 0 Å². The molecule has 0 aromatic rings. The third-order valence-electron chi connectivity index (χ3n) is 6.94. The largest absolute Gasteiger partial charge is 0.327 e. The molecule has 0 aliphatic carbocycles. The van der Waals surface area contributed by atoms with Crippen molar-refractivity contribution in [3.8, 4) is 0 Å². The van der Waals surface area contributed by atoms with Gasteiger partial charge in [-0.15, -0.1) is 23.5 Å². The number of rotatable bonds is 3. The molecule has 0 saturated carbocycles. The smallest absolute Gasteiger partial charge is 0.240 e. The van der Waals surface area contributed by atoms with Crippen molar-refractivity contribution in [3.05, 3.63) is 0 Å². The minimum Gasteiger partial charge on any atom is -0.327 e. The maximum absolute atomic E-state index is 12.5. The lowest BCUT2D eigenvalue weighted by Crippen LogP contribution is -2.53. The van der Waals surface area contributed by atoms with Crippen LogP contribution in [0.4, 0.5) is 0 Å². The van der Waals surface area contributed by atoms with Crippen LogP contribution < -0.4 is 11.1 Å². The van der Waals surface area contributed by atoms with Gasteiger partial charge < -0.3 is 20.9 Å². The molecule has 6 nitrogen and oxygen atoms in total. The van der Waals surface area contributed by atoms with E-state index in [0.29, 0.717) is 28.7 Å². The molecule has 4 fully saturated rings. The van der Waals surface area contributed by atoms with Gasteiger partial charge in [-0.05, 0) is 89.7 Å². The van der Waals surface area contributed by atoms with Gasteiger partial charge in [-0.3, -0.25) is 9.59 Å². The van der Waals surface area contributed by atoms with E-state index in [1.54, 1.807) is 0 Å². The number of carbonyl (C=O) groups excluding carboxylic acids is 2. The molecular formula is C23H42N4O2S2. The zero-order valence-corrected chi connectivity index (χ0v) is 21.2. The van der Waals surface area contributed by atoms with Gasteiger partial charge in [0.05, 0.1) is 22.8 Å². The summed E-state index contributed by atoms with van der Waals surface area (Å²) in [5.74, 6) is 2.66. The lowest BCUT2D eigenvalue weighted by molar-refractivity contribution is -0.137. The highest BCUT2D eigenvalue weighted by atomic mass is 32.2. The quantitative estimate of drug-likeness (QED) is 0.658. The Morgan fingerprint density at radius 1 is 0.871 bits per heavy atom. The minimum atomic E-state index is -0.256. The molecule has 4 heterocycles. The lowest BCUT2D eigenvalue weighted by atomic mass is 10.0. The van der Waals surface area contributed by atoms with Crippen molar-refractivity contribution < 1.29 is 9.59 Å². The summed E-state index contributed by atoms with van der Waals surface area (Å²) >= 11 is 3.88. The first kappa shape index (κ1) is 25.2. The Morgan fingerprint density at radius 2 is 1.42 bits per heavy atom. The number of fused-ring (bicyclic) bond motifs is 2. The lowest BCUT2D eigenvalue weighted by Gasteiger charge is -2.40. The molecule has 8 heteroatoms. The number of amides is 2. The molecule has 6 atom stereocenters. The van der Waals surface area contributed by atoms with Crippen LogP contribution in [-0.4, -0.2) is 74.6 Å². The predicted octanol–water partition coefficient (Wildman–Crippen LogP) is 3.40. The number of nitrogens with zero attached hydrogens (tertiary/aromatic N) is 2. The summed E-state index contributed by atoms with van der Waals surface area (Å²) in [6.07, 6.45) is 10.1. The number of piperidine rings is 2. The second-order valence-electron chi connectivity index (χ2n) is 9.39. The summed E-state index contributed by atoms with van der Waals surface area (Å²) in [4.78, 5) is 28.7. The molecule has 4 saturated heterocycles. The van der Waals surface area contributed by atoms with Crippen LogP contribution in [0.15, 0.2) is 0 Å². The first-order valence-corrected chi connectivity index (χ1v) is 14.4. The first-order chi connectivity index (χ1) is 14.9. The number of hydrogen-bond acceptors (Lipinski definition) is 6. The maximum atomic E-state index is 12.5. The Labute approximate surface area is 197 Å². The van der Waals surface area contributed by atoms with Crippen molar-refractivity contribution in [3.63, 3.8) is 0 Å². The normalized spacial score (nSPS) is 36.5. The van der Waals surface area contributed by atoms with E-state index in [2.05, 4.69) is 31.0 Å². The van der Waals surface area contributed by atoms with Crippen LogP contribution in [0.5, 0.6) is 0 Å². The Kier molecular flexibility index (Phi) is 9.87. The van der Waals surface area contributed by atoms with Gasteiger partial charge in [0.1, 0.15) is 0 Å². The maximum Gasteiger partial charge on any atom is 0.240 e. The van der Waals surface area contributed by atoms with Crippen molar-refractivity contribution in [1.29, 1.82) is 0 Å². The Morgan fingerprint density at radius 3 is 2.00 bits per heavy atom. The number of hydrogen-bond donors (Lipinski definition) is 2. The molecule has 0 spiro atoms. The number of thioether (sulfide) groups is 2. The van der Waals surface area contributed by atoms with Crippen molar-refractivity contribution in [1.82, 2.24) is 15.1 Å². The van der Waals surface area contributed by atoms with E-state index >= 15 is 0 Å². The van der Waals surface area contributed by atoms with Gasteiger partial charge in [0, 0.05) is 12.1 Å². The SMILES string of the molecule is CCCN[C@H]1CCS[C@H]2CCC[C@@H](C)N2C1=O.C[C@@H]1CCC[C@@H]2SCC[C@H](N)C(=O)N12. The van der Waals surface area contributed by atoms with Gasteiger partial charge in [-0.25, -0.2) is 0 Å². The van der Waals surface area contributed by atoms with E-state index in [1.165, 1.54) is 25.7 Å². The summed E-state index contributed by atoms with van der Waals surface area (Å²) in [5.41, 5.74) is 5.84. The van der Waals surface area contributed by atoms with Crippen molar-refractivity contribution in [2.75, 3.05) is 18.1 Å². The van der Waals surface area contributed by atoms with Crippen LogP contribution in [0.1, 0.15) is 78.6 Å². The summed E-state index contributed by atoms with van der Waals surface area (Å²) in [7, 11) is 0. The third-order valence-corrected chi connectivity index (χ3v) is 9.58. The Hall–Kier alpha value is -0.440. The van der Waals surface area contributed by atoms with Crippen molar-refractivity contribution in [2.24, 2.45) is 5.73 Å². The number of carbonyl (C=O) groups is 2. The fourth-order valence-electron chi connectivity index (χ4n) is 5.12. The van der Waals surface area contributed by atoms with Crippen LogP contribution in [0.25, 0.3) is 0 Å². The zero-order chi connectivity index (χ0) is 22.4. The van der Waals surface area contributed by atoms with Crippen LogP contribution >= 0.6 is 23.5 Å². The standard InChI is InChI=1S/C13H24N2OS.C10H18N2OS/c1-3-8-14-11-7-9-17-12-6-4-5-10(2)15(12)13(11)16;1-7-3-2-4-9-12(7)10(13)8(11)5-6-14-9/h10-12,14H,3-9H2,1-2H3;7-9H,2-6,11H2,1H3/t10-,11+,12+;7-,8+,9+/m11/s1. The first-order valence-electron chi connectivity index (χ1n) is 12.3. The van der Waals surface area contributed by atoms with Gasteiger partial charge in [0.15, 0.2) is 0 Å². The van der Waals surface area contributed by atoms with E-state index in [0.717, 1.165) is 50.2 Å². The molecule has 0 aromatic heterocycles. The molecule has 0 bridgehead atoms. The summed E-state index contributed by atoms with van der Waals surface area (Å²) in [6, 6.07) is 0.622. The fourth-order valence-corrected chi connectivity index (χ4v) is 8.04. The second-order valence-corrected chi connectivity index (χ2v) is 12.0. The topological polar surface area (TPSA) is 78.7 Å². The third kappa shape index (κ3) is 6.33. The molecule has 2 amide bonds. The number of nitrogens with one attached hydrogen (secondary N) is 1. The summed E-state index contributed by atoms with van der Waals surface area (Å²) < 4.78 is 0. The molecule has 4 rings (SSSR count). The molecule has 31 heavy (non-hydrogen) atoms. The monoisotopic (exact) mass is 470 g/mol. The highest BCUT2D eigenvalue weighted by molar-refractivity contribution is 8.00. The molecule has 0 unspecified atom stereocenters. The highest BCUT2D eigenvalue weighted by Crippen LogP contribution is 2.34. The van der Waals surface area contributed by atoms with Gasteiger partial charge in [0.25, 0.3) is 0 Å². The van der Waals surface area contributed by atoms with E-state index < -0.39 is 0 Å². The molecule has 0 aromatic carbocycles. The molecule has 3 N–H and O–H groups in total. The minimum absolute atomic E-state index is 0.0630. The van der Waals surface area contributed by atoms with E-state index in [1.807, 2.05) is 28.4 Å². The average Bonchev–Trinajstić information content (AvgIpc) is 3.00. The average molecular weight is 471 g/mol. The number of nitrogens with two attached hydrogens (primary N) is 1. The molecular weight excluding hydrogens is 428 g/mol. The van der Waals surface area contributed by atoms with E-state index in [4.69, 9.17) is 5.73 Å². The summed E-state index contributed by atoms with van der Waals surface area (Å²) in [5, 5.41) is 4.26. The fraction of sp³-hybridized carbons (Fsp3) is 0.913. The van der Waals surface area contributed by atoms with Crippen LogP contribution in [0.2, 0.25) is 0 Å². The second kappa shape index (κ2) is 12.1. The van der Waals surface area contributed by atoms with Crippen LogP contribution in [-0.2, 0) is 9.59 Å². The van der Waals surface area contributed by atoms with E-state index in [-0.39, 0.29) is 18.0 Å². The van der Waals surface area contributed by atoms with E-state index in [9.17, 15) is 9.59 Å².